The smallest absolute Gasteiger partial charge is 0.307 e. The summed E-state index contributed by atoms with van der Waals surface area (Å²) in [4.78, 5) is 22.3. The number of hydrogen-bond donors (Lipinski definition) is 1. The van der Waals surface area contributed by atoms with Gasteiger partial charge in [0.05, 0.1) is 13.5 Å². The molecule has 4 heteroatoms. The largest absolute Gasteiger partial charge is 0.469 e. The van der Waals surface area contributed by atoms with E-state index in [1.54, 1.807) is 0 Å². The third kappa shape index (κ3) is 6.43. The maximum atomic E-state index is 11.5. The molecule has 0 saturated carbocycles. The lowest BCUT2D eigenvalue weighted by Gasteiger charge is -2.26. The minimum absolute atomic E-state index is 0.00803. The Kier molecular flexibility index (Phi) is 6.08. The number of methoxy groups -OCH3 is 1. The Morgan fingerprint density at radius 1 is 1.31 bits per heavy atom. The van der Waals surface area contributed by atoms with E-state index in [-0.39, 0.29) is 23.7 Å². The van der Waals surface area contributed by atoms with Gasteiger partial charge in [0.25, 0.3) is 0 Å². The summed E-state index contributed by atoms with van der Waals surface area (Å²) in [6, 6.07) is 0. The maximum absolute atomic E-state index is 11.5. The minimum atomic E-state index is -0.302. The van der Waals surface area contributed by atoms with Gasteiger partial charge in [-0.1, -0.05) is 27.7 Å². The molecule has 1 amide bonds. The van der Waals surface area contributed by atoms with Gasteiger partial charge in [0, 0.05) is 13.0 Å². The molecular weight excluding hydrogens is 206 g/mol. The molecule has 4 nitrogen and oxygen atoms in total. The highest BCUT2D eigenvalue weighted by Gasteiger charge is 2.22. The number of hydrogen-bond acceptors (Lipinski definition) is 3. The summed E-state index contributed by atoms with van der Waals surface area (Å²) in [6.45, 7) is 8.74. The van der Waals surface area contributed by atoms with Crippen molar-refractivity contribution in [2.45, 2.75) is 40.5 Å². The van der Waals surface area contributed by atoms with Gasteiger partial charge in [-0.3, -0.25) is 9.59 Å². The standard InChI is InChI=1S/C12H23NO3/c1-9(12(2,3)4)8-10(14)13-7-6-11(15)16-5/h9H,6-8H2,1-5H3,(H,13,14). The van der Waals surface area contributed by atoms with Crippen LogP contribution in [0, 0.1) is 11.3 Å². The van der Waals surface area contributed by atoms with Gasteiger partial charge in [-0.05, 0) is 11.3 Å². The van der Waals surface area contributed by atoms with Crippen LogP contribution in [0.1, 0.15) is 40.5 Å². The van der Waals surface area contributed by atoms with Crippen molar-refractivity contribution in [1.82, 2.24) is 5.32 Å². The van der Waals surface area contributed by atoms with E-state index in [4.69, 9.17) is 0 Å². The van der Waals surface area contributed by atoms with Crippen LogP contribution in [0.4, 0.5) is 0 Å². The second-order valence-electron chi connectivity index (χ2n) is 5.15. The molecule has 1 atom stereocenters. The molecule has 0 aromatic rings. The number of ether oxygens (including phenoxy) is 1. The number of amides is 1. The monoisotopic (exact) mass is 229 g/mol. The summed E-state index contributed by atoms with van der Waals surface area (Å²) >= 11 is 0. The number of rotatable bonds is 5. The van der Waals surface area contributed by atoms with E-state index in [0.717, 1.165) is 0 Å². The molecule has 1 N–H and O–H groups in total. The molecule has 16 heavy (non-hydrogen) atoms. The van der Waals surface area contributed by atoms with Gasteiger partial charge in [0.2, 0.25) is 5.91 Å². The second-order valence-corrected chi connectivity index (χ2v) is 5.15. The van der Waals surface area contributed by atoms with Gasteiger partial charge in [-0.15, -0.1) is 0 Å². The van der Waals surface area contributed by atoms with Crippen LogP contribution in [-0.4, -0.2) is 25.5 Å². The van der Waals surface area contributed by atoms with Crippen molar-refractivity contribution in [3.05, 3.63) is 0 Å². The minimum Gasteiger partial charge on any atom is -0.469 e. The van der Waals surface area contributed by atoms with Gasteiger partial charge < -0.3 is 10.1 Å². The van der Waals surface area contributed by atoms with Crippen LogP contribution in [0.15, 0.2) is 0 Å². The first-order chi connectivity index (χ1) is 7.27. The first kappa shape index (κ1) is 14.9. The summed E-state index contributed by atoms with van der Waals surface area (Å²) < 4.78 is 4.48. The number of esters is 1. The summed E-state index contributed by atoms with van der Waals surface area (Å²) in [7, 11) is 1.34. The van der Waals surface area contributed by atoms with Crippen molar-refractivity contribution in [2.24, 2.45) is 11.3 Å². The van der Waals surface area contributed by atoms with Gasteiger partial charge >= 0.3 is 5.97 Å². The first-order valence-corrected chi connectivity index (χ1v) is 5.61. The van der Waals surface area contributed by atoms with Crippen LogP contribution in [0.2, 0.25) is 0 Å². The first-order valence-electron chi connectivity index (χ1n) is 5.61. The molecule has 0 aliphatic heterocycles. The summed E-state index contributed by atoms with van der Waals surface area (Å²) in [5, 5.41) is 2.71. The normalized spacial score (nSPS) is 13.1. The van der Waals surface area contributed by atoms with Gasteiger partial charge in [-0.25, -0.2) is 0 Å². The quantitative estimate of drug-likeness (QED) is 0.730. The molecule has 94 valence electrons. The highest BCUT2D eigenvalue weighted by Crippen LogP contribution is 2.27. The van der Waals surface area contributed by atoms with Gasteiger partial charge in [0.15, 0.2) is 0 Å². The fourth-order valence-electron chi connectivity index (χ4n) is 1.06. The Morgan fingerprint density at radius 3 is 2.31 bits per heavy atom. The third-order valence-electron chi connectivity index (χ3n) is 2.85. The molecule has 0 aromatic carbocycles. The Morgan fingerprint density at radius 2 is 1.88 bits per heavy atom. The average Bonchev–Trinajstić information content (AvgIpc) is 2.15. The highest BCUT2D eigenvalue weighted by atomic mass is 16.5. The Labute approximate surface area is 97.7 Å². The Balaban J connectivity index is 3.79. The summed E-state index contributed by atoms with van der Waals surface area (Å²) in [5.41, 5.74) is 0.125. The third-order valence-corrected chi connectivity index (χ3v) is 2.85. The molecule has 0 heterocycles. The zero-order valence-corrected chi connectivity index (χ0v) is 10.9. The molecule has 0 spiro atoms. The lowest BCUT2D eigenvalue weighted by Crippen LogP contribution is -2.30. The van der Waals surface area contributed by atoms with Crippen molar-refractivity contribution in [2.75, 3.05) is 13.7 Å². The van der Waals surface area contributed by atoms with Crippen LogP contribution in [-0.2, 0) is 14.3 Å². The maximum Gasteiger partial charge on any atom is 0.307 e. The fraction of sp³-hybridized carbons (Fsp3) is 0.833. The van der Waals surface area contributed by atoms with Crippen molar-refractivity contribution in [3.8, 4) is 0 Å². The number of carbonyl (C=O) groups is 2. The van der Waals surface area contributed by atoms with Crippen LogP contribution >= 0.6 is 0 Å². The lowest BCUT2D eigenvalue weighted by atomic mass is 9.80. The molecule has 0 saturated heterocycles. The topological polar surface area (TPSA) is 55.4 Å². The van der Waals surface area contributed by atoms with E-state index >= 15 is 0 Å². The zero-order chi connectivity index (χ0) is 12.8. The Bertz CT molecular complexity index is 243. The molecule has 0 aliphatic rings. The van der Waals surface area contributed by atoms with E-state index in [1.165, 1.54) is 7.11 Å². The van der Waals surface area contributed by atoms with Crippen molar-refractivity contribution in [1.29, 1.82) is 0 Å². The highest BCUT2D eigenvalue weighted by molar-refractivity contribution is 5.77. The van der Waals surface area contributed by atoms with Gasteiger partial charge in [-0.2, -0.15) is 0 Å². The van der Waals surface area contributed by atoms with E-state index in [9.17, 15) is 9.59 Å². The summed E-state index contributed by atoms with van der Waals surface area (Å²) in [5.74, 6) is 0.00104. The molecule has 0 aromatic heterocycles. The van der Waals surface area contributed by atoms with Crippen LogP contribution in [0.25, 0.3) is 0 Å². The predicted octanol–water partition coefficient (Wildman–Crippen LogP) is 1.74. The van der Waals surface area contributed by atoms with Crippen LogP contribution in [0.5, 0.6) is 0 Å². The van der Waals surface area contributed by atoms with Crippen molar-refractivity contribution in [3.63, 3.8) is 0 Å². The lowest BCUT2D eigenvalue weighted by molar-refractivity contribution is -0.140. The van der Waals surface area contributed by atoms with E-state index in [1.807, 2.05) is 0 Å². The molecule has 1 unspecified atom stereocenters. The molecule has 0 rings (SSSR count). The van der Waals surface area contributed by atoms with Gasteiger partial charge in [0.1, 0.15) is 0 Å². The SMILES string of the molecule is COC(=O)CCNC(=O)CC(C)C(C)(C)C. The predicted molar refractivity (Wildman–Crippen MR) is 62.9 cm³/mol. The van der Waals surface area contributed by atoms with E-state index in [2.05, 4.69) is 37.7 Å². The average molecular weight is 229 g/mol. The van der Waals surface area contributed by atoms with Crippen molar-refractivity contribution >= 4 is 11.9 Å². The molecule has 0 aliphatic carbocycles. The molecular formula is C12H23NO3. The van der Waals surface area contributed by atoms with Crippen LogP contribution in [0.3, 0.4) is 0 Å². The van der Waals surface area contributed by atoms with E-state index < -0.39 is 0 Å². The zero-order valence-electron chi connectivity index (χ0n) is 10.9. The second kappa shape index (κ2) is 6.51. The molecule has 0 fully saturated rings. The molecule has 0 radical (unpaired) electrons. The molecule has 0 bridgehead atoms. The fourth-order valence-corrected chi connectivity index (χ4v) is 1.06. The number of carbonyl (C=O) groups excluding carboxylic acids is 2. The number of nitrogens with one attached hydrogen (secondary N) is 1. The van der Waals surface area contributed by atoms with Crippen molar-refractivity contribution < 1.29 is 14.3 Å². The van der Waals surface area contributed by atoms with Crippen LogP contribution < -0.4 is 5.32 Å². The van der Waals surface area contributed by atoms with E-state index in [0.29, 0.717) is 18.9 Å². The Hall–Kier alpha value is -1.06. The summed E-state index contributed by atoms with van der Waals surface area (Å²) in [6.07, 6.45) is 0.719.